The molecular formula is C20H22N2O5. The Balaban J connectivity index is 1.68. The number of esters is 1. The van der Waals surface area contributed by atoms with E-state index in [-0.39, 0.29) is 11.9 Å². The Morgan fingerprint density at radius 2 is 1.56 bits per heavy atom. The van der Waals surface area contributed by atoms with Gasteiger partial charge in [0, 0.05) is 6.04 Å². The number of nitrogens with zero attached hydrogens (tertiary/aromatic N) is 2. The van der Waals surface area contributed by atoms with E-state index in [4.69, 9.17) is 4.74 Å². The number of rotatable bonds is 2. The van der Waals surface area contributed by atoms with Crippen LogP contribution in [-0.4, -0.2) is 58.7 Å². The molecule has 2 fully saturated rings. The SMILES string of the molecule is COC(=O)[C@@H]1CCC[C@H]2CCC[C@H](N3C(=O)c4ccccc4C3=O)C(=O)N21. The van der Waals surface area contributed by atoms with Gasteiger partial charge in [-0.25, -0.2) is 4.79 Å². The van der Waals surface area contributed by atoms with Crippen molar-refractivity contribution in [3.05, 3.63) is 35.4 Å². The third-order valence-electron chi connectivity index (χ3n) is 5.91. The Labute approximate surface area is 157 Å². The normalized spacial score (nSPS) is 27.9. The molecule has 2 saturated heterocycles. The van der Waals surface area contributed by atoms with E-state index >= 15 is 0 Å². The highest BCUT2D eigenvalue weighted by molar-refractivity contribution is 6.22. The molecular weight excluding hydrogens is 348 g/mol. The van der Waals surface area contributed by atoms with Gasteiger partial charge < -0.3 is 9.64 Å². The molecule has 27 heavy (non-hydrogen) atoms. The minimum absolute atomic E-state index is 0.0458. The van der Waals surface area contributed by atoms with Crippen LogP contribution in [-0.2, 0) is 14.3 Å². The van der Waals surface area contributed by atoms with Crippen molar-refractivity contribution >= 4 is 23.7 Å². The number of benzene rings is 1. The minimum Gasteiger partial charge on any atom is -0.467 e. The lowest BCUT2D eigenvalue weighted by Crippen LogP contribution is -2.58. The fourth-order valence-electron chi connectivity index (χ4n) is 4.64. The van der Waals surface area contributed by atoms with Crippen LogP contribution in [0, 0.1) is 0 Å². The van der Waals surface area contributed by atoms with Gasteiger partial charge in [-0.2, -0.15) is 0 Å². The number of hydrogen-bond acceptors (Lipinski definition) is 5. The van der Waals surface area contributed by atoms with Crippen molar-refractivity contribution in [1.82, 2.24) is 9.80 Å². The largest absolute Gasteiger partial charge is 0.467 e. The summed E-state index contributed by atoms with van der Waals surface area (Å²) < 4.78 is 4.90. The van der Waals surface area contributed by atoms with Crippen molar-refractivity contribution in [2.45, 2.75) is 56.7 Å². The highest BCUT2D eigenvalue weighted by Crippen LogP contribution is 2.34. The van der Waals surface area contributed by atoms with Gasteiger partial charge in [0.1, 0.15) is 12.1 Å². The van der Waals surface area contributed by atoms with E-state index in [0.29, 0.717) is 24.0 Å². The van der Waals surface area contributed by atoms with Crippen LogP contribution >= 0.6 is 0 Å². The Morgan fingerprint density at radius 1 is 0.963 bits per heavy atom. The van der Waals surface area contributed by atoms with Gasteiger partial charge in [-0.05, 0) is 50.7 Å². The Hall–Kier alpha value is -2.70. The van der Waals surface area contributed by atoms with Crippen LogP contribution < -0.4 is 0 Å². The van der Waals surface area contributed by atoms with Gasteiger partial charge in [0.25, 0.3) is 11.8 Å². The summed E-state index contributed by atoms with van der Waals surface area (Å²) >= 11 is 0. The summed E-state index contributed by atoms with van der Waals surface area (Å²) in [5.74, 6) is -1.61. The fourth-order valence-corrected chi connectivity index (χ4v) is 4.64. The van der Waals surface area contributed by atoms with E-state index in [9.17, 15) is 19.2 Å². The van der Waals surface area contributed by atoms with Crippen LogP contribution in [0.5, 0.6) is 0 Å². The molecule has 1 aromatic carbocycles. The molecule has 0 unspecified atom stereocenters. The van der Waals surface area contributed by atoms with Gasteiger partial charge in [-0.1, -0.05) is 12.1 Å². The molecule has 3 aliphatic rings. The summed E-state index contributed by atoms with van der Waals surface area (Å²) in [4.78, 5) is 54.0. The maximum atomic E-state index is 13.4. The van der Waals surface area contributed by atoms with Crippen molar-refractivity contribution in [1.29, 1.82) is 0 Å². The summed E-state index contributed by atoms with van der Waals surface area (Å²) in [6.45, 7) is 0. The molecule has 0 aromatic heterocycles. The number of imide groups is 1. The maximum absolute atomic E-state index is 13.4. The van der Waals surface area contributed by atoms with E-state index in [0.717, 1.165) is 30.6 Å². The van der Waals surface area contributed by atoms with Gasteiger partial charge >= 0.3 is 5.97 Å². The van der Waals surface area contributed by atoms with Crippen LogP contribution in [0.4, 0.5) is 0 Å². The predicted molar refractivity (Wildman–Crippen MR) is 94.9 cm³/mol. The highest BCUT2D eigenvalue weighted by Gasteiger charge is 2.49. The molecule has 0 bridgehead atoms. The molecule has 1 aromatic rings. The Morgan fingerprint density at radius 3 is 2.15 bits per heavy atom. The van der Waals surface area contributed by atoms with E-state index in [2.05, 4.69) is 0 Å². The number of hydrogen-bond donors (Lipinski definition) is 0. The predicted octanol–water partition coefficient (Wildman–Crippen LogP) is 1.76. The molecule has 4 rings (SSSR count). The molecule has 3 heterocycles. The lowest BCUT2D eigenvalue weighted by atomic mass is 9.93. The van der Waals surface area contributed by atoms with Gasteiger partial charge in [0.2, 0.25) is 5.91 Å². The first-order valence-corrected chi connectivity index (χ1v) is 9.41. The second-order valence-corrected chi connectivity index (χ2v) is 7.34. The Kier molecular flexibility index (Phi) is 4.45. The first kappa shape index (κ1) is 17.7. The zero-order valence-corrected chi connectivity index (χ0v) is 15.2. The first-order chi connectivity index (χ1) is 13.0. The van der Waals surface area contributed by atoms with Crippen molar-refractivity contribution in [3.63, 3.8) is 0 Å². The Bertz CT molecular complexity index is 785. The van der Waals surface area contributed by atoms with Crippen molar-refractivity contribution < 1.29 is 23.9 Å². The van der Waals surface area contributed by atoms with Gasteiger partial charge in [0.15, 0.2) is 0 Å². The number of amides is 3. The lowest BCUT2D eigenvalue weighted by Gasteiger charge is -2.41. The number of carbonyl (C=O) groups is 4. The van der Waals surface area contributed by atoms with Crippen molar-refractivity contribution in [3.8, 4) is 0 Å². The van der Waals surface area contributed by atoms with Crippen molar-refractivity contribution in [2.75, 3.05) is 7.11 Å². The van der Waals surface area contributed by atoms with Crippen LogP contribution in [0.2, 0.25) is 0 Å². The molecule has 0 N–H and O–H groups in total. The first-order valence-electron chi connectivity index (χ1n) is 9.41. The molecule has 0 radical (unpaired) electrons. The topological polar surface area (TPSA) is 84.0 Å². The zero-order chi connectivity index (χ0) is 19.1. The third kappa shape index (κ3) is 2.72. The average Bonchev–Trinajstić information content (AvgIpc) is 2.83. The van der Waals surface area contributed by atoms with Gasteiger partial charge in [0.05, 0.1) is 18.2 Å². The lowest BCUT2D eigenvalue weighted by molar-refractivity contribution is -0.158. The van der Waals surface area contributed by atoms with E-state index in [1.807, 2.05) is 0 Å². The maximum Gasteiger partial charge on any atom is 0.328 e. The van der Waals surface area contributed by atoms with E-state index in [1.165, 1.54) is 7.11 Å². The number of ether oxygens (including phenoxy) is 1. The molecule has 0 saturated carbocycles. The summed E-state index contributed by atoms with van der Waals surface area (Å²) in [5.41, 5.74) is 0.665. The van der Waals surface area contributed by atoms with E-state index in [1.54, 1.807) is 29.2 Å². The summed E-state index contributed by atoms with van der Waals surface area (Å²) in [6.07, 6.45) is 4.13. The molecule has 3 aliphatic heterocycles. The monoisotopic (exact) mass is 370 g/mol. The second-order valence-electron chi connectivity index (χ2n) is 7.34. The van der Waals surface area contributed by atoms with Crippen LogP contribution in [0.3, 0.4) is 0 Å². The summed E-state index contributed by atoms with van der Waals surface area (Å²) in [7, 11) is 1.32. The fraction of sp³-hybridized carbons (Fsp3) is 0.500. The van der Waals surface area contributed by atoms with Crippen molar-refractivity contribution in [2.24, 2.45) is 0 Å². The van der Waals surface area contributed by atoms with Crippen LogP contribution in [0.25, 0.3) is 0 Å². The number of piperidine rings is 1. The molecule has 3 amide bonds. The molecule has 7 heteroatoms. The molecule has 142 valence electrons. The molecule has 0 spiro atoms. The zero-order valence-electron chi connectivity index (χ0n) is 15.2. The summed E-state index contributed by atoms with van der Waals surface area (Å²) in [5, 5.41) is 0. The summed E-state index contributed by atoms with van der Waals surface area (Å²) in [6, 6.07) is 5.07. The standard InChI is InChI=1S/C20H22N2O5/c1-27-20(26)16-11-5-7-12-6-4-10-15(19(25)21(12)16)22-17(23)13-8-2-3-9-14(13)18(22)24/h2-3,8-9,12,15-16H,4-7,10-11H2,1H3/t12-,15+,16+/m1/s1. The molecule has 3 atom stereocenters. The third-order valence-corrected chi connectivity index (χ3v) is 5.91. The molecule has 7 nitrogen and oxygen atoms in total. The second kappa shape index (κ2) is 6.79. The minimum atomic E-state index is -0.868. The number of fused-ring (bicyclic) bond motifs is 2. The smallest absolute Gasteiger partial charge is 0.328 e. The van der Waals surface area contributed by atoms with Gasteiger partial charge in [-0.15, -0.1) is 0 Å². The highest BCUT2D eigenvalue weighted by atomic mass is 16.5. The molecule has 0 aliphatic carbocycles. The van der Waals surface area contributed by atoms with E-state index < -0.39 is 29.9 Å². The number of methoxy groups -OCH3 is 1. The number of carbonyl (C=O) groups excluding carboxylic acids is 4. The quantitative estimate of drug-likeness (QED) is 0.585. The van der Waals surface area contributed by atoms with Crippen LogP contribution in [0.15, 0.2) is 24.3 Å². The van der Waals surface area contributed by atoms with Gasteiger partial charge in [-0.3, -0.25) is 19.3 Å². The average molecular weight is 370 g/mol. The van der Waals surface area contributed by atoms with Crippen LogP contribution in [0.1, 0.15) is 59.2 Å².